The Morgan fingerprint density at radius 3 is 2.92 bits per heavy atom. The molecular weight excluding hydrogens is 361 g/mol. The maximum Gasteiger partial charge on any atom is 0.339 e. The second-order valence-electron chi connectivity index (χ2n) is 6.34. The van der Waals surface area contributed by atoms with Gasteiger partial charge in [-0.2, -0.15) is 0 Å². The first-order valence-corrected chi connectivity index (χ1v) is 8.78. The summed E-state index contributed by atoms with van der Waals surface area (Å²) in [6.45, 7) is 2.74. The minimum atomic E-state index is -0.478. The molecule has 2 heterocycles. The number of likely N-dealkylation sites (tertiary alicyclic amines) is 1. The minimum Gasteiger partial charge on any atom is -0.488 e. The van der Waals surface area contributed by atoms with Crippen molar-refractivity contribution >= 4 is 17.5 Å². The zero-order chi connectivity index (χ0) is 18.7. The Balaban J connectivity index is 1.52. The summed E-state index contributed by atoms with van der Waals surface area (Å²) in [5.41, 5.74) is 0.278. The fourth-order valence-electron chi connectivity index (χ4n) is 2.99. The van der Waals surface area contributed by atoms with E-state index in [0.29, 0.717) is 43.9 Å². The maximum atomic E-state index is 13.4. The van der Waals surface area contributed by atoms with Crippen LogP contribution in [0.1, 0.15) is 24.2 Å². The molecule has 5 nitrogen and oxygen atoms in total. The van der Waals surface area contributed by atoms with Crippen molar-refractivity contribution in [3.8, 4) is 5.75 Å². The third kappa shape index (κ3) is 4.64. The number of hydrogen-bond acceptors (Lipinski definition) is 4. The molecule has 1 atom stereocenters. The van der Waals surface area contributed by atoms with Gasteiger partial charge in [0, 0.05) is 25.5 Å². The minimum absolute atomic E-state index is 0.00443. The summed E-state index contributed by atoms with van der Waals surface area (Å²) in [6, 6.07) is 7.52. The Morgan fingerprint density at radius 2 is 2.19 bits per heavy atom. The van der Waals surface area contributed by atoms with Crippen LogP contribution in [0.2, 0.25) is 5.02 Å². The summed E-state index contributed by atoms with van der Waals surface area (Å²) in [6.07, 6.45) is 1.28. The van der Waals surface area contributed by atoms with Crippen molar-refractivity contribution in [3.63, 3.8) is 0 Å². The van der Waals surface area contributed by atoms with Gasteiger partial charge in [-0.3, -0.25) is 4.79 Å². The fraction of sp³-hybridized carbons (Fsp3) is 0.368. The molecule has 138 valence electrons. The molecule has 26 heavy (non-hydrogen) atoms. The molecule has 0 radical (unpaired) electrons. The topological polar surface area (TPSA) is 59.8 Å². The summed E-state index contributed by atoms with van der Waals surface area (Å²) in [7, 11) is 0. The number of carbonyl (C=O) groups excluding carboxylic acids is 1. The van der Waals surface area contributed by atoms with E-state index >= 15 is 0 Å². The van der Waals surface area contributed by atoms with E-state index in [9.17, 15) is 14.0 Å². The molecule has 7 heteroatoms. The highest BCUT2D eigenvalue weighted by Gasteiger charge is 2.27. The lowest BCUT2D eigenvalue weighted by Crippen LogP contribution is -2.31. The van der Waals surface area contributed by atoms with Crippen LogP contribution in [0.15, 0.2) is 39.5 Å². The average molecular weight is 380 g/mol. The monoisotopic (exact) mass is 379 g/mol. The van der Waals surface area contributed by atoms with E-state index in [0.717, 1.165) is 5.56 Å². The van der Waals surface area contributed by atoms with Crippen LogP contribution in [0, 0.1) is 12.7 Å². The second-order valence-corrected chi connectivity index (χ2v) is 6.75. The zero-order valence-electron chi connectivity index (χ0n) is 14.3. The van der Waals surface area contributed by atoms with E-state index in [1.54, 1.807) is 24.0 Å². The molecule has 1 saturated heterocycles. The van der Waals surface area contributed by atoms with Crippen LogP contribution in [-0.2, 0) is 11.2 Å². The van der Waals surface area contributed by atoms with Crippen LogP contribution in [-0.4, -0.2) is 30.0 Å². The predicted octanol–water partition coefficient (Wildman–Crippen LogP) is 3.35. The lowest BCUT2D eigenvalue weighted by atomic mass is 10.1. The van der Waals surface area contributed by atoms with E-state index < -0.39 is 11.4 Å². The van der Waals surface area contributed by atoms with Crippen LogP contribution < -0.4 is 10.4 Å². The smallest absolute Gasteiger partial charge is 0.339 e. The first-order valence-electron chi connectivity index (χ1n) is 8.41. The molecular formula is C19H19ClFNO4. The lowest BCUT2D eigenvalue weighted by molar-refractivity contribution is -0.130. The molecule has 1 fully saturated rings. The molecule has 1 amide bonds. The first-order chi connectivity index (χ1) is 12.4. The van der Waals surface area contributed by atoms with Gasteiger partial charge in [-0.05, 0) is 31.0 Å². The maximum absolute atomic E-state index is 13.4. The molecule has 1 aliphatic rings. The lowest BCUT2D eigenvalue weighted by Gasteiger charge is -2.17. The number of benzene rings is 1. The molecule has 2 aromatic rings. The summed E-state index contributed by atoms with van der Waals surface area (Å²) in [5.74, 6) is 0.451. The standard InChI is InChI=1S/C19H19ClFNO4/c1-12-8-15(10-19(24)25-12)26-14-6-7-22(11-14)18(23)5-3-13-2-4-16(20)17(21)9-13/h2,4,8-10,14H,3,5-7,11H2,1H3/t14-/m1/s1. The molecule has 0 saturated carbocycles. The Hall–Kier alpha value is -2.34. The van der Waals surface area contributed by atoms with Crippen molar-refractivity contribution in [2.45, 2.75) is 32.3 Å². The average Bonchev–Trinajstić information content (AvgIpc) is 3.03. The van der Waals surface area contributed by atoms with Gasteiger partial charge in [-0.1, -0.05) is 17.7 Å². The van der Waals surface area contributed by atoms with Gasteiger partial charge in [0.05, 0.1) is 17.6 Å². The Labute approximate surface area is 155 Å². The van der Waals surface area contributed by atoms with Crippen LogP contribution in [0.4, 0.5) is 4.39 Å². The number of rotatable bonds is 5. The number of carbonyl (C=O) groups is 1. The van der Waals surface area contributed by atoms with E-state index in [1.807, 2.05) is 0 Å². The Kier molecular flexibility index (Phi) is 5.61. The summed E-state index contributed by atoms with van der Waals surface area (Å²) in [4.78, 5) is 25.5. The SMILES string of the molecule is Cc1cc(O[C@@H]2CCN(C(=O)CCc3ccc(Cl)c(F)c3)C2)cc(=O)o1. The molecule has 0 spiro atoms. The number of halogens is 2. The normalized spacial score (nSPS) is 16.7. The fourth-order valence-corrected chi connectivity index (χ4v) is 3.11. The van der Waals surface area contributed by atoms with Crippen molar-refractivity contribution in [1.29, 1.82) is 0 Å². The molecule has 1 aliphatic heterocycles. The zero-order valence-corrected chi connectivity index (χ0v) is 15.1. The van der Waals surface area contributed by atoms with Gasteiger partial charge in [0.2, 0.25) is 5.91 Å². The predicted molar refractivity (Wildman–Crippen MR) is 95.1 cm³/mol. The molecule has 0 aliphatic carbocycles. The summed E-state index contributed by atoms with van der Waals surface area (Å²) >= 11 is 5.66. The van der Waals surface area contributed by atoms with Crippen molar-refractivity contribution in [2.75, 3.05) is 13.1 Å². The number of aryl methyl sites for hydroxylation is 2. The molecule has 3 rings (SSSR count). The van der Waals surface area contributed by atoms with Gasteiger partial charge >= 0.3 is 5.63 Å². The summed E-state index contributed by atoms with van der Waals surface area (Å²) < 4.78 is 24.1. The number of ether oxygens (including phenoxy) is 1. The van der Waals surface area contributed by atoms with E-state index in [1.165, 1.54) is 18.2 Å². The summed E-state index contributed by atoms with van der Waals surface area (Å²) in [5, 5.41) is 0.0739. The van der Waals surface area contributed by atoms with Gasteiger partial charge in [-0.25, -0.2) is 9.18 Å². The molecule has 1 aromatic carbocycles. The highest BCUT2D eigenvalue weighted by atomic mass is 35.5. The molecule has 0 unspecified atom stereocenters. The number of nitrogens with zero attached hydrogens (tertiary/aromatic N) is 1. The highest BCUT2D eigenvalue weighted by Crippen LogP contribution is 2.20. The van der Waals surface area contributed by atoms with Crippen molar-refractivity contribution in [3.05, 3.63) is 62.9 Å². The van der Waals surface area contributed by atoms with Crippen LogP contribution >= 0.6 is 11.6 Å². The van der Waals surface area contributed by atoms with Crippen molar-refractivity contribution in [1.82, 2.24) is 4.90 Å². The third-order valence-corrected chi connectivity index (χ3v) is 4.59. The molecule has 0 bridgehead atoms. The van der Waals surface area contributed by atoms with Gasteiger partial charge in [0.25, 0.3) is 0 Å². The largest absolute Gasteiger partial charge is 0.488 e. The first kappa shape index (κ1) is 18.5. The van der Waals surface area contributed by atoms with Gasteiger partial charge in [-0.15, -0.1) is 0 Å². The van der Waals surface area contributed by atoms with E-state index in [-0.39, 0.29) is 17.0 Å². The van der Waals surface area contributed by atoms with Gasteiger partial charge < -0.3 is 14.1 Å². The van der Waals surface area contributed by atoms with Crippen LogP contribution in [0.25, 0.3) is 0 Å². The highest BCUT2D eigenvalue weighted by molar-refractivity contribution is 6.30. The van der Waals surface area contributed by atoms with Crippen LogP contribution in [0.3, 0.4) is 0 Å². The van der Waals surface area contributed by atoms with Crippen molar-refractivity contribution in [2.24, 2.45) is 0 Å². The number of amides is 1. The number of hydrogen-bond donors (Lipinski definition) is 0. The van der Waals surface area contributed by atoms with Gasteiger partial charge in [0.1, 0.15) is 23.4 Å². The van der Waals surface area contributed by atoms with E-state index in [2.05, 4.69) is 0 Å². The second kappa shape index (κ2) is 7.91. The Morgan fingerprint density at radius 1 is 1.38 bits per heavy atom. The molecule has 1 aromatic heterocycles. The third-order valence-electron chi connectivity index (χ3n) is 4.28. The molecule has 0 N–H and O–H groups in total. The van der Waals surface area contributed by atoms with Gasteiger partial charge in [0.15, 0.2) is 0 Å². The van der Waals surface area contributed by atoms with Crippen LogP contribution in [0.5, 0.6) is 5.75 Å². The quantitative estimate of drug-likeness (QED) is 0.799. The van der Waals surface area contributed by atoms with Crippen molar-refractivity contribution < 1.29 is 18.3 Å². The Bertz CT molecular complexity index is 867. The van der Waals surface area contributed by atoms with E-state index in [4.69, 9.17) is 20.8 Å².